The van der Waals surface area contributed by atoms with Gasteiger partial charge in [0.25, 0.3) is 0 Å². The third kappa shape index (κ3) is 4.96. The first-order valence-corrected chi connectivity index (χ1v) is 8.50. The summed E-state index contributed by atoms with van der Waals surface area (Å²) in [5, 5.41) is 2.31. The number of aryl methyl sites for hydroxylation is 2. The predicted molar refractivity (Wildman–Crippen MR) is 87.6 cm³/mol. The summed E-state index contributed by atoms with van der Waals surface area (Å²) in [5.41, 5.74) is 2.86. The summed E-state index contributed by atoms with van der Waals surface area (Å²) >= 11 is 0. The molecule has 23 heavy (non-hydrogen) atoms. The zero-order chi connectivity index (χ0) is 17.0. The van der Waals surface area contributed by atoms with Crippen LogP contribution in [-0.4, -0.2) is 15.9 Å². The molecule has 6 heteroatoms. The summed E-state index contributed by atoms with van der Waals surface area (Å²) in [6, 6.07) is 8.71. The Morgan fingerprint density at radius 3 is 2.57 bits per heavy atom. The van der Waals surface area contributed by atoms with Crippen molar-refractivity contribution in [2.24, 2.45) is 0 Å². The van der Waals surface area contributed by atoms with E-state index in [4.69, 9.17) is 0 Å². The Bertz CT molecular complexity index is 762. The number of rotatable bonds is 5. The maximum absolute atomic E-state index is 13.5. The van der Waals surface area contributed by atoms with Crippen LogP contribution in [0.15, 0.2) is 36.4 Å². The van der Waals surface area contributed by atoms with Crippen molar-refractivity contribution in [1.29, 1.82) is 0 Å². The highest BCUT2D eigenvalue weighted by molar-refractivity contribution is 7.84. The van der Waals surface area contributed by atoms with Gasteiger partial charge >= 0.3 is 0 Å². The van der Waals surface area contributed by atoms with Crippen LogP contribution in [0.5, 0.6) is 0 Å². The van der Waals surface area contributed by atoms with Crippen LogP contribution in [-0.2, 0) is 21.3 Å². The SMILES string of the molecule is Cc1ccc(C)c(C[S@@](=O)CC(=O)Nc2ccc(F)cc2F)c1. The van der Waals surface area contributed by atoms with E-state index < -0.39 is 28.3 Å². The molecule has 1 N–H and O–H groups in total. The van der Waals surface area contributed by atoms with Crippen molar-refractivity contribution < 1.29 is 17.8 Å². The predicted octanol–water partition coefficient (Wildman–Crippen LogP) is 3.47. The minimum Gasteiger partial charge on any atom is -0.323 e. The fourth-order valence-corrected chi connectivity index (χ4v) is 3.23. The van der Waals surface area contributed by atoms with Gasteiger partial charge in [-0.05, 0) is 37.1 Å². The highest BCUT2D eigenvalue weighted by Gasteiger charge is 2.13. The molecule has 122 valence electrons. The van der Waals surface area contributed by atoms with E-state index in [1.807, 2.05) is 32.0 Å². The average molecular weight is 337 g/mol. The van der Waals surface area contributed by atoms with Crippen LogP contribution in [0, 0.1) is 25.5 Å². The number of nitrogens with one attached hydrogen (secondary N) is 1. The van der Waals surface area contributed by atoms with Crippen LogP contribution in [0.25, 0.3) is 0 Å². The topological polar surface area (TPSA) is 46.2 Å². The molecule has 1 amide bonds. The van der Waals surface area contributed by atoms with E-state index in [-0.39, 0.29) is 17.2 Å². The second kappa shape index (κ2) is 7.46. The normalized spacial score (nSPS) is 12.0. The Kier molecular flexibility index (Phi) is 5.60. The Morgan fingerprint density at radius 1 is 1.13 bits per heavy atom. The largest absolute Gasteiger partial charge is 0.323 e. The number of benzene rings is 2. The number of amides is 1. The molecule has 2 rings (SSSR count). The molecule has 0 aliphatic carbocycles. The van der Waals surface area contributed by atoms with E-state index in [2.05, 4.69) is 5.32 Å². The maximum Gasteiger partial charge on any atom is 0.237 e. The molecule has 0 unspecified atom stereocenters. The number of halogens is 2. The van der Waals surface area contributed by atoms with Gasteiger partial charge < -0.3 is 5.32 Å². The third-order valence-corrected chi connectivity index (χ3v) is 4.54. The van der Waals surface area contributed by atoms with Gasteiger partial charge in [0.2, 0.25) is 5.91 Å². The van der Waals surface area contributed by atoms with Crippen LogP contribution < -0.4 is 5.32 Å². The van der Waals surface area contributed by atoms with Crippen molar-refractivity contribution in [3.63, 3.8) is 0 Å². The molecule has 0 bridgehead atoms. The minimum atomic E-state index is -1.41. The van der Waals surface area contributed by atoms with E-state index >= 15 is 0 Å². The van der Waals surface area contributed by atoms with Crippen molar-refractivity contribution in [2.45, 2.75) is 19.6 Å². The summed E-state index contributed by atoms with van der Waals surface area (Å²) in [7, 11) is -1.41. The molecule has 0 heterocycles. The first-order chi connectivity index (χ1) is 10.8. The molecule has 0 radical (unpaired) electrons. The van der Waals surface area contributed by atoms with Crippen LogP contribution in [0.1, 0.15) is 16.7 Å². The maximum atomic E-state index is 13.5. The third-order valence-electron chi connectivity index (χ3n) is 3.32. The van der Waals surface area contributed by atoms with E-state index in [9.17, 15) is 17.8 Å². The van der Waals surface area contributed by atoms with Crippen molar-refractivity contribution in [2.75, 3.05) is 11.1 Å². The lowest BCUT2D eigenvalue weighted by molar-refractivity contribution is -0.113. The van der Waals surface area contributed by atoms with Gasteiger partial charge in [-0.3, -0.25) is 9.00 Å². The van der Waals surface area contributed by atoms with Crippen molar-refractivity contribution in [1.82, 2.24) is 0 Å². The van der Waals surface area contributed by atoms with Crippen LogP contribution >= 0.6 is 0 Å². The monoisotopic (exact) mass is 337 g/mol. The molecule has 0 fully saturated rings. The van der Waals surface area contributed by atoms with Gasteiger partial charge in [0, 0.05) is 22.6 Å². The fourth-order valence-electron chi connectivity index (χ4n) is 2.10. The number of hydrogen-bond donors (Lipinski definition) is 1. The number of anilines is 1. The summed E-state index contributed by atoms with van der Waals surface area (Å²) in [6.45, 7) is 3.86. The molecule has 0 saturated carbocycles. The fraction of sp³-hybridized carbons (Fsp3) is 0.235. The Balaban J connectivity index is 1.97. The summed E-state index contributed by atoms with van der Waals surface area (Å²) in [6.07, 6.45) is 0. The van der Waals surface area contributed by atoms with Crippen LogP contribution in [0.4, 0.5) is 14.5 Å². The molecule has 3 nitrogen and oxygen atoms in total. The summed E-state index contributed by atoms with van der Waals surface area (Å²) in [4.78, 5) is 11.8. The molecule has 1 atom stereocenters. The van der Waals surface area contributed by atoms with Gasteiger partial charge in [0.1, 0.15) is 17.4 Å². The van der Waals surface area contributed by atoms with Crippen LogP contribution in [0.3, 0.4) is 0 Å². The Morgan fingerprint density at radius 2 is 1.87 bits per heavy atom. The van der Waals surface area contributed by atoms with Gasteiger partial charge in [0.05, 0.1) is 5.69 Å². The molecule has 2 aromatic carbocycles. The smallest absolute Gasteiger partial charge is 0.237 e. The van der Waals surface area contributed by atoms with Crippen LogP contribution in [0.2, 0.25) is 0 Å². The molecule has 0 aliphatic rings. The first kappa shape index (κ1) is 17.3. The molecule has 0 saturated heterocycles. The molecular weight excluding hydrogens is 320 g/mol. The molecular formula is C17H17F2NO2S. The van der Waals surface area contributed by atoms with Crippen molar-refractivity contribution >= 4 is 22.4 Å². The summed E-state index contributed by atoms with van der Waals surface area (Å²) in [5.74, 6) is -2.14. The second-order valence-corrected chi connectivity index (χ2v) is 6.79. The van der Waals surface area contributed by atoms with Gasteiger partial charge in [0.15, 0.2) is 0 Å². The van der Waals surface area contributed by atoms with Gasteiger partial charge in [-0.15, -0.1) is 0 Å². The van der Waals surface area contributed by atoms with E-state index in [0.29, 0.717) is 6.07 Å². The molecule has 0 spiro atoms. The van der Waals surface area contributed by atoms with Crippen molar-refractivity contribution in [3.8, 4) is 0 Å². The zero-order valence-electron chi connectivity index (χ0n) is 12.9. The zero-order valence-corrected chi connectivity index (χ0v) is 13.7. The van der Waals surface area contributed by atoms with Crippen molar-refractivity contribution in [3.05, 3.63) is 64.7 Å². The minimum absolute atomic E-state index is 0.125. The lowest BCUT2D eigenvalue weighted by Gasteiger charge is -2.08. The van der Waals surface area contributed by atoms with E-state index in [1.54, 1.807) is 0 Å². The Labute approximate surface area is 136 Å². The number of carbonyl (C=O) groups is 1. The lowest BCUT2D eigenvalue weighted by atomic mass is 10.1. The lowest BCUT2D eigenvalue weighted by Crippen LogP contribution is -2.21. The second-order valence-electron chi connectivity index (χ2n) is 5.33. The average Bonchev–Trinajstić information content (AvgIpc) is 2.46. The highest BCUT2D eigenvalue weighted by Crippen LogP contribution is 2.16. The highest BCUT2D eigenvalue weighted by atomic mass is 32.2. The van der Waals surface area contributed by atoms with E-state index in [0.717, 1.165) is 28.8 Å². The summed E-state index contributed by atoms with van der Waals surface area (Å²) < 4.78 is 38.4. The quantitative estimate of drug-likeness (QED) is 0.908. The molecule has 2 aromatic rings. The van der Waals surface area contributed by atoms with Gasteiger partial charge in [-0.25, -0.2) is 8.78 Å². The standard InChI is InChI=1S/C17H17F2NO2S/c1-11-3-4-12(2)13(7-11)9-23(22)10-17(21)20-16-6-5-14(18)8-15(16)19/h3-8H,9-10H2,1-2H3,(H,20,21)/t23-/m1/s1. The number of hydrogen-bond acceptors (Lipinski definition) is 2. The van der Waals surface area contributed by atoms with Gasteiger partial charge in [-0.2, -0.15) is 0 Å². The molecule has 0 aromatic heterocycles. The first-order valence-electron chi connectivity index (χ1n) is 7.01. The Hall–Kier alpha value is -2.08. The van der Waals surface area contributed by atoms with E-state index in [1.165, 1.54) is 0 Å². The van der Waals surface area contributed by atoms with Gasteiger partial charge in [-0.1, -0.05) is 23.8 Å². The number of carbonyl (C=O) groups excluding carboxylic acids is 1. The molecule has 0 aliphatic heterocycles.